The van der Waals surface area contributed by atoms with Crippen LogP contribution in [0.25, 0.3) is 10.9 Å². The molecule has 0 N–H and O–H groups in total. The van der Waals surface area contributed by atoms with E-state index in [1.165, 1.54) is 5.56 Å². The van der Waals surface area contributed by atoms with E-state index in [2.05, 4.69) is 22.0 Å². The molecule has 1 amide bonds. The Kier molecular flexibility index (Phi) is 3.54. The molecule has 4 nitrogen and oxygen atoms in total. The summed E-state index contributed by atoms with van der Waals surface area (Å²) in [5.74, 6) is 0.170. The quantitative estimate of drug-likeness (QED) is 0.591. The van der Waals surface area contributed by atoms with Gasteiger partial charge in [0.15, 0.2) is 0 Å². The molecule has 0 spiro atoms. The topological polar surface area (TPSA) is 42.3 Å². The Morgan fingerprint density at radius 3 is 2.77 bits per heavy atom. The number of rotatable bonds is 1. The van der Waals surface area contributed by atoms with E-state index in [9.17, 15) is 9.59 Å². The highest BCUT2D eigenvalue weighted by atomic mass is 79.9. The molecule has 0 fully saturated rings. The first-order valence-electron chi connectivity index (χ1n) is 8.87. The van der Waals surface area contributed by atoms with Crippen LogP contribution in [0.5, 0.6) is 0 Å². The molecule has 0 bridgehead atoms. The van der Waals surface area contributed by atoms with Gasteiger partial charge in [-0.1, -0.05) is 40.2 Å². The van der Waals surface area contributed by atoms with Crippen molar-refractivity contribution in [3.8, 4) is 0 Å². The second-order valence-corrected chi connectivity index (χ2v) is 7.84. The third-order valence-corrected chi connectivity index (χ3v) is 6.02. The lowest BCUT2D eigenvalue weighted by molar-refractivity contribution is 0.0593. The minimum Gasteiger partial charge on any atom is -0.330 e. The predicted molar refractivity (Wildman–Crippen MR) is 103 cm³/mol. The number of halogens is 1. The van der Waals surface area contributed by atoms with Gasteiger partial charge < -0.3 is 4.90 Å². The molecule has 5 rings (SSSR count). The Bertz CT molecular complexity index is 1070. The first-order chi connectivity index (χ1) is 12.6. The molecule has 2 aliphatic rings. The summed E-state index contributed by atoms with van der Waals surface area (Å²) in [5.41, 5.74) is 3.92. The van der Waals surface area contributed by atoms with Crippen LogP contribution >= 0.6 is 15.9 Å². The molecule has 0 saturated carbocycles. The summed E-state index contributed by atoms with van der Waals surface area (Å²) in [4.78, 5) is 27.8. The van der Waals surface area contributed by atoms with Crippen LogP contribution in [0.3, 0.4) is 0 Å². The maximum absolute atomic E-state index is 13.2. The SMILES string of the molecule is O=C(c1cccc(Br)c1)N1CCc2c3n(c4ccccc24)C(=O)CCC31. The fourth-order valence-corrected chi connectivity index (χ4v) is 4.84. The Labute approximate surface area is 159 Å². The van der Waals surface area contributed by atoms with Crippen molar-refractivity contribution in [3.05, 3.63) is 69.8 Å². The van der Waals surface area contributed by atoms with E-state index in [1.807, 2.05) is 51.9 Å². The predicted octanol–water partition coefficient (Wildman–Crippen LogP) is 4.58. The molecule has 5 heteroatoms. The maximum atomic E-state index is 13.2. The number of aromatic nitrogens is 1. The summed E-state index contributed by atoms with van der Waals surface area (Å²) >= 11 is 3.45. The average molecular weight is 409 g/mol. The maximum Gasteiger partial charge on any atom is 0.254 e. The van der Waals surface area contributed by atoms with Gasteiger partial charge in [-0.25, -0.2) is 0 Å². The summed E-state index contributed by atoms with van der Waals surface area (Å²) in [7, 11) is 0. The van der Waals surface area contributed by atoms with E-state index >= 15 is 0 Å². The van der Waals surface area contributed by atoms with Crippen LogP contribution in [0.1, 0.15) is 45.3 Å². The highest BCUT2D eigenvalue weighted by molar-refractivity contribution is 9.10. The smallest absolute Gasteiger partial charge is 0.254 e. The van der Waals surface area contributed by atoms with E-state index in [4.69, 9.17) is 0 Å². The number of carbonyl (C=O) groups is 2. The average Bonchev–Trinajstić information content (AvgIpc) is 3.00. The van der Waals surface area contributed by atoms with Crippen molar-refractivity contribution in [3.63, 3.8) is 0 Å². The van der Waals surface area contributed by atoms with E-state index < -0.39 is 0 Å². The van der Waals surface area contributed by atoms with Crippen molar-refractivity contribution in [2.24, 2.45) is 0 Å². The van der Waals surface area contributed by atoms with Crippen molar-refractivity contribution in [2.45, 2.75) is 25.3 Å². The Balaban J connectivity index is 1.65. The van der Waals surface area contributed by atoms with E-state index in [1.54, 1.807) is 0 Å². The van der Waals surface area contributed by atoms with Crippen LogP contribution in [-0.4, -0.2) is 27.8 Å². The number of fused-ring (bicyclic) bond motifs is 3. The van der Waals surface area contributed by atoms with Crippen LogP contribution in [-0.2, 0) is 6.42 Å². The van der Waals surface area contributed by atoms with Gasteiger partial charge in [-0.3, -0.25) is 14.2 Å². The van der Waals surface area contributed by atoms with Crippen molar-refractivity contribution < 1.29 is 9.59 Å². The fourth-order valence-electron chi connectivity index (χ4n) is 4.44. The zero-order valence-electron chi connectivity index (χ0n) is 14.1. The second kappa shape index (κ2) is 5.81. The monoisotopic (exact) mass is 408 g/mol. The number of hydrogen-bond acceptors (Lipinski definition) is 2. The molecule has 3 aromatic rings. The molecule has 1 unspecified atom stereocenters. The molecule has 1 atom stereocenters. The number of para-hydroxylation sites is 1. The standard InChI is InChI=1S/C21H17BrN2O2/c22-14-5-3-4-13(12-14)21(26)23-11-10-16-15-6-1-2-7-17(15)24-19(25)9-8-18(23)20(16)24/h1-7,12,18H,8-11H2. The number of carbonyl (C=O) groups excluding carboxylic acids is 2. The second-order valence-electron chi connectivity index (χ2n) is 6.92. The van der Waals surface area contributed by atoms with Crippen LogP contribution in [0.15, 0.2) is 53.0 Å². The number of benzene rings is 2. The van der Waals surface area contributed by atoms with Crippen LogP contribution in [0.4, 0.5) is 0 Å². The normalized spacial score (nSPS) is 18.9. The van der Waals surface area contributed by atoms with Crippen molar-refractivity contribution in [2.75, 3.05) is 6.54 Å². The zero-order valence-corrected chi connectivity index (χ0v) is 15.7. The number of nitrogens with zero attached hydrogens (tertiary/aromatic N) is 2. The molecule has 0 radical (unpaired) electrons. The molecule has 2 aliphatic heterocycles. The molecular weight excluding hydrogens is 392 g/mol. The molecule has 1 aromatic heterocycles. The summed E-state index contributed by atoms with van der Waals surface area (Å²) in [6.45, 7) is 0.686. The molecule has 0 aliphatic carbocycles. The molecule has 3 heterocycles. The number of hydrogen-bond donors (Lipinski definition) is 0. The first-order valence-corrected chi connectivity index (χ1v) is 9.66. The first kappa shape index (κ1) is 15.8. The number of amides is 1. The van der Waals surface area contributed by atoms with Crippen molar-refractivity contribution >= 4 is 38.6 Å². The van der Waals surface area contributed by atoms with Gasteiger partial charge in [0.1, 0.15) is 0 Å². The Hall–Kier alpha value is -2.40. The van der Waals surface area contributed by atoms with Crippen LogP contribution in [0, 0.1) is 0 Å². The van der Waals surface area contributed by atoms with Gasteiger partial charge in [0.25, 0.3) is 5.91 Å². The van der Waals surface area contributed by atoms with Gasteiger partial charge in [0, 0.05) is 28.4 Å². The summed E-state index contributed by atoms with van der Waals surface area (Å²) in [5, 5.41) is 1.15. The van der Waals surface area contributed by atoms with E-state index in [0.717, 1.165) is 27.5 Å². The Morgan fingerprint density at radius 2 is 1.92 bits per heavy atom. The highest BCUT2D eigenvalue weighted by Crippen LogP contribution is 2.42. The lowest BCUT2D eigenvalue weighted by atomic mass is 9.91. The summed E-state index contributed by atoms with van der Waals surface area (Å²) in [6.07, 6.45) is 1.95. The molecule has 2 aromatic carbocycles. The third kappa shape index (κ3) is 2.20. The third-order valence-electron chi connectivity index (χ3n) is 5.53. The van der Waals surface area contributed by atoms with Crippen LogP contribution < -0.4 is 0 Å². The van der Waals surface area contributed by atoms with Crippen LogP contribution in [0.2, 0.25) is 0 Å². The lowest BCUT2D eigenvalue weighted by Crippen LogP contribution is -2.43. The molecule has 130 valence electrons. The van der Waals surface area contributed by atoms with E-state index in [-0.39, 0.29) is 17.9 Å². The van der Waals surface area contributed by atoms with Gasteiger partial charge in [0.2, 0.25) is 5.91 Å². The fraction of sp³-hybridized carbons (Fsp3) is 0.238. The van der Waals surface area contributed by atoms with Gasteiger partial charge in [-0.2, -0.15) is 0 Å². The van der Waals surface area contributed by atoms with Gasteiger partial charge in [-0.05, 0) is 42.7 Å². The largest absolute Gasteiger partial charge is 0.330 e. The summed E-state index contributed by atoms with van der Waals surface area (Å²) < 4.78 is 2.76. The van der Waals surface area contributed by atoms with Crippen molar-refractivity contribution in [1.82, 2.24) is 9.47 Å². The molecule has 26 heavy (non-hydrogen) atoms. The minimum absolute atomic E-state index is 0.0321. The zero-order chi connectivity index (χ0) is 17.8. The lowest BCUT2D eigenvalue weighted by Gasteiger charge is -2.39. The Morgan fingerprint density at radius 1 is 1.08 bits per heavy atom. The molecular formula is C21H17BrN2O2. The van der Waals surface area contributed by atoms with E-state index in [0.29, 0.717) is 24.9 Å². The highest BCUT2D eigenvalue weighted by Gasteiger charge is 2.39. The molecule has 0 saturated heterocycles. The van der Waals surface area contributed by atoms with Gasteiger partial charge >= 0.3 is 0 Å². The van der Waals surface area contributed by atoms with Gasteiger partial charge in [-0.15, -0.1) is 0 Å². The minimum atomic E-state index is -0.0321. The van der Waals surface area contributed by atoms with Gasteiger partial charge in [0.05, 0.1) is 17.3 Å². The summed E-state index contributed by atoms with van der Waals surface area (Å²) in [6, 6.07) is 15.6. The van der Waals surface area contributed by atoms with Crippen molar-refractivity contribution in [1.29, 1.82) is 0 Å².